The largest absolute Gasteiger partial charge is 0.491 e. The van der Waals surface area contributed by atoms with Gasteiger partial charge in [0.2, 0.25) is 0 Å². The number of halogens is 2. The first kappa shape index (κ1) is 17.1. The smallest absolute Gasteiger partial charge is 0.358 e. The molecule has 0 bridgehead atoms. The summed E-state index contributed by atoms with van der Waals surface area (Å²) in [7, 11) is 0. The number of carbonyl (C=O) groups is 1. The summed E-state index contributed by atoms with van der Waals surface area (Å²) in [4.78, 5) is 16.6. The summed E-state index contributed by atoms with van der Waals surface area (Å²) in [5.74, 6) is -0.518. The lowest BCUT2D eigenvalue weighted by Gasteiger charge is -2.07. The molecule has 0 unspecified atom stereocenters. The molecule has 22 heavy (non-hydrogen) atoms. The quantitative estimate of drug-likeness (QED) is 0.374. The summed E-state index contributed by atoms with van der Waals surface area (Å²) in [5, 5.41) is 0. The Bertz CT molecular complexity index is 647. The summed E-state index contributed by atoms with van der Waals surface area (Å²) < 4.78 is 24.8. The number of nitrogens with zero attached hydrogens (tertiary/aromatic N) is 1. The van der Waals surface area contributed by atoms with Crippen molar-refractivity contribution in [2.24, 2.45) is 0 Å². The van der Waals surface area contributed by atoms with Crippen LogP contribution in [0.5, 0.6) is 5.75 Å². The van der Waals surface area contributed by atoms with E-state index in [4.69, 9.17) is 9.47 Å². The number of benzene rings is 1. The highest BCUT2D eigenvalue weighted by Crippen LogP contribution is 2.20. The fourth-order valence-corrected chi connectivity index (χ4v) is 3.07. The zero-order valence-electron chi connectivity index (χ0n) is 12.0. The van der Waals surface area contributed by atoms with Gasteiger partial charge >= 0.3 is 5.97 Å². The predicted molar refractivity (Wildman–Crippen MR) is 91.0 cm³/mol. The van der Waals surface area contributed by atoms with Crippen LogP contribution in [0.4, 0.5) is 4.39 Å². The molecule has 0 radical (unpaired) electrons. The van der Waals surface area contributed by atoms with Crippen molar-refractivity contribution in [3.63, 3.8) is 0 Å². The van der Waals surface area contributed by atoms with Gasteiger partial charge in [0, 0.05) is 8.45 Å². The molecule has 4 nitrogen and oxygen atoms in total. The molecule has 1 heterocycles. The van der Waals surface area contributed by atoms with Crippen LogP contribution in [0.3, 0.4) is 0 Å². The van der Waals surface area contributed by atoms with E-state index in [0.29, 0.717) is 31.7 Å². The molecule has 1 aromatic heterocycles. The fraction of sp³-hybridized carbons (Fsp3) is 0.333. The van der Waals surface area contributed by atoms with Gasteiger partial charge in [-0.15, -0.1) is 11.3 Å². The fourth-order valence-electron chi connectivity index (χ4n) is 1.82. The summed E-state index contributed by atoms with van der Waals surface area (Å²) >= 11 is 3.46. The van der Waals surface area contributed by atoms with Crippen LogP contribution in [0, 0.1) is 9.39 Å². The van der Waals surface area contributed by atoms with E-state index in [1.165, 1.54) is 17.4 Å². The summed E-state index contributed by atoms with van der Waals surface area (Å²) in [5.41, 5.74) is 1.99. The number of aromatic nitrogens is 1. The van der Waals surface area contributed by atoms with Crippen LogP contribution in [0.25, 0.3) is 0 Å². The normalized spacial score (nSPS) is 10.5. The maximum absolute atomic E-state index is 13.6. The first-order valence-corrected chi connectivity index (χ1v) is 8.75. The molecule has 0 saturated heterocycles. The number of thiazole rings is 1. The second kappa shape index (κ2) is 8.42. The van der Waals surface area contributed by atoms with Crippen molar-refractivity contribution in [3.8, 4) is 5.75 Å². The molecule has 7 heteroatoms. The highest BCUT2D eigenvalue weighted by molar-refractivity contribution is 14.1. The third-order valence-corrected chi connectivity index (χ3v) is 4.37. The van der Waals surface area contributed by atoms with E-state index in [0.717, 1.165) is 8.45 Å². The number of hydrogen-bond donors (Lipinski definition) is 0. The minimum absolute atomic E-state index is 0.246. The molecule has 0 aliphatic carbocycles. The van der Waals surface area contributed by atoms with Crippen molar-refractivity contribution >= 4 is 39.9 Å². The second-order valence-electron chi connectivity index (χ2n) is 4.37. The molecular weight excluding hydrogens is 420 g/mol. The first-order chi connectivity index (χ1) is 10.6. The molecule has 0 fully saturated rings. The van der Waals surface area contributed by atoms with Crippen LogP contribution in [0.1, 0.15) is 28.7 Å². The molecule has 0 aliphatic rings. The molecule has 118 valence electrons. The number of hydrogen-bond acceptors (Lipinski definition) is 5. The molecule has 2 aromatic rings. The third kappa shape index (κ3) is 4.64. The van der Waals surface area contributed by atoms with Gasteiger partial charge in [-0.1, -0.05) is 0 Å². The first-order valence-electron chi connectivity index (χ1n) is 6.79. The number of esters is 1. The molecule has 0 aliphatic heterocycles. The van der Waals surface area contributed by atoms with Crippen LogP contribution in [0.2, 0.25) is 0 Å². The lowest BCUT2D eigenvalue weighted by molar-refractivity contribution is 0.0519. The number of ether oxygens (including phenoxy) is 2. The monoisotopic (exact) mass is 435 g/mol. The maximum Gasteiger partial charge on any atom is 0.358 e. The van der Waals surface area contributed by atoms with Gasteiger partial charge < -0.3 is 9.47 Å². The zero-order valence-corrected chi connectivity index (χ0v) is 14.9. The Hall–Kier alpha value is -1.22. The lowest BCUT2D eigenvalue weighted by Crippen LogP contribution is -2.08. The van der Waals surface area contributed by atoms with Gasteiger partial charge in [-0.3, -0.25) is 0 Å². The Morgan fingerprint density at radius 1 is 1.45 bits per heavy atom. The number of aryl methyl sites for hydroxylation is 1. The minimum atomic E-state index is -0.400. The van der Waals surface area contributed by atoms with Crippen LogP contribution >= 0.6 is 33.9 Å². The highest BCUT2D eigenvalue weighted by atomic mass is 127. The van der Waals surface area contributed by atoms with Crippen molar-refractivity contribution in [1.29, 1.82) is 0 Å². The Morgan fingerprint density at radius 3 is 3.00 bits per heavy atom. The van der Waals surface area contributed by atoms with Crippen molar-refractivity contribution < 1.29 is 18.7 Å². The maximum atomic E-state index is 13.6. The zero-order chi connectivity index (χ0) is 15.9. The third-order valence-electron chi connectivity index (χ3n) is 2.81. The number of rotatable bonds is 7. The topological polar surface area (TPSA) is 48.4 Å². The SMILES string of the molecule is CCOC(=O)c1ncsc1CCCOc1ccc(I)cc1F. The van der Waals surface area contributed by atoms with E-state index < -0.39 is 5.97 Å². The van der Waals surface area contributed by atoms with Crippen LogP contribution in [-0.4, -0.2) is 24.2 Å². The van der Waals surface area contributed by atoms with Gasteiger partial charge in [0.25, 0.3) is 0 Å². The van der Waals surface area contributed by atoms with Crippen molar-refractivity contribution in [2.75, 3.05) is 13.2 Å². The average Bonchev–Trinajstić information content (AvgIpc) is 2.94. The Balaban J connectivity index is 1.84. The number of carbonyl (C=O) groups excluding carboxylic acids is 1. The summed E-state index contributed by atoms with van der Waals surface area (Å²) in [6, 6.07) is 4.84. The van der Waals surface area contributed by atoms with E-state index in [9.17, 15) is 9.18 Å². The van der Waals surface area contributed by atoms with Gasteiger partial charge in [-0.25, -0.2) is 14.2 Å². The second-order valence-corrected chi connectivity index (χ2v) is 6.56. The summed E-state index contributed by atoms with van der Waals surface area (Å²) in [6.07, 6.45) is 1.31. The Kier molecular flexibility index (Phi) is 6.56. The lowest BCUT2D eigenvalue weighted by atomic mass is 10.2. The molecule has 0 N–H and O–H groups in total. The molecule has 1 aromatic carbocycles. The van der Waals surface area contributed by atoms with Gasteiger partial charge in [0.05, 0.1) is 18.7 Å². The van der Waals surface area contributed by atoms with Crippen LogP contribution < -0.4 is 4.74 Å². The van der Waals surface area contributed by atoms with Crippen molar-refractivity contribution in [2.45, 2.75) is 19.8 Å². The Labute approximate surface area is 145 Å². The Morgan fingerprint density at radius 2 is 2.27 bits per heavy atom. The van der Waals surface area contributed by atoms with Gasteiger partial charge in [-0.2, -0.15) is 0 Å². The molecule has 0 spiro atoms. The standard InChI is InChI=1S/C15H15FINO3S/c1-2-20-15(19)14-13(22-9-18-14)4-3-7-21-12-6-5-10(17)8-11(12)16/h5-6,8-9H,2-4,7H2,1H3. The van der Waals surface area contributed by atoms with E-state index in [1.54, 1.807) is 24.6 Å². The van der Waals surface area contributed by atoms with Gasteiger partial charge in [0.1, 0.15) is 0 Å². The van der Waals surface area contributed by atoms with Gasteiger partial charge in [-0.05, 0) is 60.6 Å². The molecular formula is C15H15FINO3S. The van der Waals surface area contributed by atoms with Crippen LogP contribution in [0.15, 0.2) is 23.7 Å². The van der Waals surface area contributed by atoms with E-state index in [1.807, 2.05) is 22.6 Å². The average molecular weight is 435 g/mol. The minimum Gasteiger partial charge on any atom is -0.491 e. The summed E-state index contributed by atoms with van der Waals surface area (Å²) in [6.45, 7) is 2.45. The molecule has 0 atom stereocenters. The van der Waals surface area contributed by atoms with Gasteiger partial charge in [0.15, 0.2) is 17.3 Å². The molecule has 0 amide bonds. The van der Waals surface area contributed by atoms with Crippen LogP contribution in [-0.2, 0) is 11.2 Å². The van der Waals surface area contributed by atoms with E-state index >= 15 is 0 Å². The predicted octanol–water partition coefficient (Wildman–Crippen LogP) is 4.08. The van der Waals surface area contributed by atoms with E-state index in [-0.39, 0.29) is 11.6 Å². The van der Waals surface area contributed by atoms with Crippen molar-refractivity contribution in [1.82, 2.24) is 4.98 Å². The molecule has 2 rings (SSSR count). The van der Waals surface area contributed by atoms with Crippen molar-refractivity contribution in [3.05, 3.63) is 43.7 Å². The van der Waals surface area contributed by atoms with E-state index in [2.05, 4.69) is 4.98 Å². The molecule has 0 saturated carbocycles. The highest BCUT2D eigenvalue weighted by Gasteiger charge is 2.15.